The highest BCUT2D eigenvalue weighted by Gasteiger charge is 2.25. The number of hydrogen-bond acceptors (Lipinski definition) is 3. The standard InChI is InChI=1S/C13H20N2OS.ClH/c1-9-5-6-17-12(9)8-15-13(16)7-10-3-2-4-11(10)14;/h5-6,10-11H,2-4,7-8,14H2,1H3,(H,15,16);1H/t10-,11+;/m0./s1. The fourth-order valence-electron chi connectivity index (χ4n) is 2.39. The molecule has 0 bridgehead atoms. The Labute approximate surface area is 119 Å². The van der Waals surface area contributed by atoms with Crippen LogP contribution in [0, 0.1) is 12.8 Å². The van der Waals surface area contributed by atoms with Gasteiger partial charge in [0, 0.05) is 17.3 Å². The van der Waals surface area contributed by atoms with Crippen LogP contribution < -0.4 is 11.1 Å². The summed E-state index contributed by atoms with van der Waals surface area (Å²) in [6.07, 6.45) is 3.93. The van der Waals surface area contributed by atoms with E-state index in [0.717, 1.165) is 12.8 Å². The van der Waals surface area contributed by atoms with Gasteiger partial charge in [-0.2, -0.15) is 0 Å². The third kappa shape index (κ3) is 3.97. The first-order chi connectivity index (χ1) is 8.16. The molecule has 1 aromatic heterocycles. The first-order valence-corrected chi connectivity index (χ1v) is 7.10. The van der Waals surface area contributed by atoms with Gasteiger partial charge in [0.1, 0.15) is 0 Å². The first kappa shape index (κ1) is 15.5. The lowest BCUT2D eigenvalue weighted by molar-refractivity contribution is -0.122. The van der Waals surface area contributed by atoms with Crippen LogP contribution in [0.1, 0.15) is 36.1 Å². The summed E-state index contributed by atoms with van der Waals surface area (Å²) in [7, 11) is 0. The first-order valence-electron chi connectivity index (χ1n) is 6.22. The lowest BCUT2D eigenvalue weighted by Crippen LogP contribution is -2.31. The maximum Gasteiger partial charge on any atom is 0.220 e. The summed E-state index contributed by atoms with van der Waals surface area (Å²) >= 11 is 1.70. The Morgan fingerprint density at radius 3 is 2.89 bits per heavy atom. The largest absolute Gasteiger partial charge is 0.351 e. The number of aryl methyl sites for hydroxylation is 1. The Morgan fingerprint density at radius 2 is 2.33 bits per heavy atom. The molecule has 102 valence electrons. The van der Waals surface area contributed by atoms with Crippen LogP contribution in [0.15, 0.2) is 11.4 Å². The molecule has 0 aromatic carbocycles. The Bertz CT molecular complexity index is 394. The molecule has 1 heterocycles. The van der Waals surface area contributed by atoms with Crippen molar-refractivity contribution in [2.75, 3.05) is 0 Å². The minimum Gasteiger partial charge on any atom is -0.351 e. The van der Waals surface area contributed by atoms with Gasteiger partial charge in [-0.1, -0.05) is 6.42 Å². The van der Waals surface area contributed by atoms with Crippen LogP contribution in [0.4, 0.5) is 0 Å². The van der Waals surface area contributed by atoms with E-state index in [9.17, 15) is 4.79 Å². The highest BCUT2D eigenvalue weighted by molar-refractivity contribution is 7.10. The van der Waals surface area contributed by atoms with E-state index in [0.29, 0.717) is 18.9 Å². The third-order valence-corrected chi connectivity index (χ3v) is 4.60. The van der Waals surface area contributed by atoms with E-state index >= 15 is 0 Å². The smallest absolute Gasteiger partial charge is 0.220 e. The quantitative estimate of drug-likeness (QED) is 0.895. The number of nitrogens with one attached hydrogen (secondary N) is 1. The van der Waals surface area contributed by atoms with Crippen molar-refractivity contribution in [3.05, 3.63) is 21.9 Å². The van der Waals surface area contributed by atoms with Crippen LogP contribution >= 0.6 is 23.7 Å². The van der Waals surface area contributed by atoms with Crippen molar-refractivity contribution in [1.29, 1.82) is 0 Å². The summed E-state index contributed by atoms with van der Waals surface area (Å²) in [4.78, 5) is 13.0. The van der Waals surface area contributed by atoms with Gasteiger partial charge in [-0.05, 0) is 42.7 Å². The zero-order valence-corrected chi connectivity index (χ0v) is 12.3. The van der Waals surface area contributed by atoms with Crippen LogP contribution in [0.2, 0.25) is 0 Å². The number of thiophene rings is 1. The molecule has 0 radical (unpaired) electrons. The van der Waals surface area contributed by atoms with Crippen molar-refractivity contribution < 1.29 is 4.79 Å². The Kier molecular flexibility index (Phi) is 6.12. The second-order valence-corrected chi connectivity index (χ2v) is 5.86. The van der Waals surface area contributed by atoms with Crippen molar-refractivity contribution >= 4 is 29.7 Å². The summed E-state index contributed by atoms with van der Waals surface area (Å²) in [6.45, 7) is 2.73. The molecule has 1 fully saturated rings. The average Bonchev–Trinajstić information content (AvgIpc) is 2.86. The maximum absolute atomic E-state index is 11.8. The van der Waals surface area contributed by atoms with Gasteiger partial charge in [-0.3, -0.25) is 4.79 Å². The minimum atomic E-state index is 0. The predicted octanol–water partition coefficient (Wildman–Crippen LogP) is 2.61. The van der Waals surface area contributed by atoms with Gasteiger partial charge in [0.15, 0.2) is 0 Å². The highest BCUT2D eigenvalue weighted by Crippen LogP contribution is 2.26. The number of halogens is 1. The third-order valence-electron chi connectivity index (χ3n) is 3.58. The molecule has 18 heavy (non-hydrogen) atoms. The molecule has 1 aliphatic carbocycles. The average molecular weight is 289 g/mol. The van der Waals surface area contributed by atoms with E-state index in [-0.39, 0.29) is 24.4 Å². The molecule has 3 N–H and O–H groups in total. The number of nitrogens with two attached hydrogens (primary N) is 1. The van der Waals surface area contributed by atoms with Gasteiger partial charge in [-0.25, -0.2) is 0 Å². The molecular weight excluding hydrogens is 268 g/mol. The Morgan fingerprint density at radius 1 is 1.56 bits per heavy atom. The molecule has 1 amide bonds. The van der Waals surface area contributed by atoms with Gasteiger partial charge in [0.25, 0.3) is 0 Å². The number of rotatable bonds is 4. The summed E-state index contributed by atoms with van der Waals surface area (Å²) in [6, 6.07) is 2.31. The van der Waals surface area contributed by atoms with E-state index in [2.05, 4.69) is 23.7 Å². The second kappa shape index (κ2) is 7.12. The van der Waals surface area contributed by atoms with Crippen LogP contribution in [0.5, 0.6) is 0 Å². The highest BCUT2D eigenvalue weighted by atomic mass is 35.5. The fraction of sp³-hybridized carbons (Fsp3) is 0.615. The van der Waals surface area contributed by atoms with Gasteiger partial charge in [0.05, 0.1) is 6.54 Å². The van der Waals surface area contributed by atoms with Gasteiger partial charge >= 0.3 is 0 Å². The normalized spacial score (nSPS) is 22.6. The number of hydrogen-bond donors (Lipinski definition) is 2. The number of amides is 1. The van der Waals surface area contributed by atoms with Crippen LogP contribution in [-0.4, -0.2) is 11.9 Å². The van der Waals surface area contributed by atoms with Crippen molar-refractivity contribution in [3.63, 3.8) is 0 Å². The fourth-order valence-corrected chi connectivity index (χ4v) is 3.24. The van der Waals surface area contributed by atoms with Gasteiger partial charge < -0.3 is 11.1 Å². The topological polar surface area (TPSA) is 55.1 Å². The SMILES string of the molecule is Cc1ccsc1CNC(=O)C[C@@H]1CCC[C@H]1N.Cl. The lowest BCUT2D eigenvalue weighted by Gasteiger charge is -2.14. The zero-order valence-electron chi connectivity index (χ0n) is 10.6. The molecule has 3 nitrogen and oxygen atoms in total. The van der Waals surface area contributed by atoms with Crippen molar-refractivity contribution in [2.45, 2.75) is 45.2 Å². The molecule has 0 saturated heterocycles. The molecular formula is C13H21ClN2OS. The molecule has 1 aliphatic rings. The number of carbonyl (C=O) groups is 1. The van der Waals surface area contributed by atoms with Gasteiger partial charge in [0.2, 0.25) is 5.91 Å². The van der Waals surface area contributed by atoms with Crippen LogP contribution in [0.25, 0.3) is 0 Å². The molecule has 0 spiro atoms. The molecule has 2 atom stereocenters. The molecule has 0 aliphatic heterocycles. The molecule has 1 saturated carbocycles. The monoisotopic (exact) mass is 288 g/mol. The van der Waals surface area contributed by atoms with E-state index in [1.165, 1.54) is 16.9 Å². The van der Waals surface area contributed by atoms with E-state index in [1.807, 2.05) is 0 Å². The Balaban J connectivity index is 0.00000162. The van der Waals surface area contributed by atoms with Crippen LogP contribution in [-0.2, 0) is 11.3 Å². The predicted molar refractivity (Wildman–Crippen MR) is 78.1 cm³/mol. The maximum atomic E-state index is 11.8. The Hall–Kier alpha value is -0.580. The van der Waals surface area contributed by atoms with Crippen molar-refractivity contribution in [3.8, 4) is 0 Å². The number of carbonyl (C=O) groups excluding carboxylic acids is 1. The summed E-state index contributed by atoms with van der Waals surface area (Å²) in [5, 5.41) is 5.05. The summed E-state index contributed by atoms with van der Waals surface area (Å²) in [5.74, 6) is 0.527. The van der Waals surface area contributed by atoms with E-state index in [4.69, 9.17) is 5.73 Å². The molecule has 1 aromatic rings. The molecule has 0 unspecified atom stereocenters. The van der Waals surface area contributed by atoms with Crippen molar-refractivity contribution in [2.24, 2.45) is 11.7 Å². The van der Waals surface area contributed by atoms with E-state index in [1.54, 1.807) is 11.3 Å². The van der Waals surface area contributed by atoms with E-state index < -0.39 is 0 Å². The van der Waals surface area contributed by atoms with Gasteiger partial charge in [-0.15, -0.1) is 23.7 Å². The minimum absolute atomic E-state index is 0. The molecule has 5 heteroatoms. The second-order valence-electron chi connectivity index (χ2n) is 4.86. The van der Waals surface area contributed by atoms with Crippen molar-refractivity contribution in [1.82, 2.24) is 5.32 Å². The molecule has 2 rings (SSSR count). The zero-order chi connectivity index (χ0) is 12.3. The van der Waals surface area contributed by atoms with Crippen LogP contribution in [0.3, 0.4) is 0 Å². The summed E-state index contributed by atoms with van der Waals surface area (Å²) in [5.41, 5.74) is 7.22. The summed E-state index contributed by atoms with van der Waals surface area (Å²) < 4.78 is 0. The lowest BCUT2D eigenvalue weighted by atomic mass is 10.00.